The van der Waals surface area contributed by atoms with Gasteiger partial charge in [0.25, 0.3) is 0 Å². The van der Waals surface area contributed by atoms with Crippen molar-refractivity contribution < 1.29 is 23.7 Å². The van der Waals surface area contributed by atoms with Crippen molar-refractivity contribution in [1.82, 2.24) is 29.3 Å². The first kappa shape index (κ1) is 47.7. The van der Waals surface area contributed by atoms with E-state index in [0.717, 1.165) is 108 Å². The number of benzene rings is 2. The van der Waals surface area contributed by atoms with E-state index in [9.17, 15) is 4.79 Å². The van der Waals surface area contributed by atoms with Crippen LogP contribution in [0.5, 0.6) is 0 Å². The van der Waals surface area contributed by atoms with E-state index < -0.39 is 0 Å². The predicted octanol–water partition coefficient (Wildman–Crippen LogP) is 11.1. The number of aromatic nitrogens is 6. The summed E-state index contributed by atoms with van der Waals surface area (Å²) in [5, 5.41) is 14.8. The number of aryl methyl sites for hydroxylation is 3. The highest BCUT2D eigenvalue weighted by Gasteiger charge is 2.55. The minimum absolute atomic E-state index is 0. The molecule has 0 bridgehead atoms. The van der Waals surface area contributed by atoms with Crippen LogP contribution in [0, 0.1) is 17.8 Å². The Morgan fingerprint density at radius 3 is 1.40 bits per heavy atom. The summed E-state index contributed by atoms with van der Waals surface area (Å²) in [4.78, 5) is 11.8. The third-order valence-electron chi connectivity index (χ3n) is 18.2. The van der Waals surface area contributed by atoms with Crippen LogP contribution in [0.3, 0.4) is 0 Å². The average Bonchev–Trinajstić information content (AvgIpc) is 4.18. The van der Waals surface area contributed by atoms with Crippen LogP contribution in [0.25, 0.3) is 22.5 Å². The number of ketones is 1. The Bertz CT molecular complexity index is 2640. The van der Waals surface area contributed by atoms with Crippen molar-refractivity contribution in [2.45, 2.75) is 152 Å². The van der Waals surface area contributed by atoms with Gasteiger partial charge in [-0.25, -0.2) is 0 Å². The third kappa shape index (κ3) is 7.91. The topological polar surface area (TPSA) is 107 Å². The van der Waals surface area contributed by atoms with Gasteiger partial charge >= 0.3 is 0 Å². The molecule has 0 radical (unpaired) electrons. The molecule has 68 heavy (non-hydrogen) atoms. The van der Waals surface area contributed by atoms with E-state index in [1.165, 1.54) is 69.1 Å². The Morgan fingerprint density at radius 1 is 0.529 bits per heavy atom. The fourth-order valence-corrected chi connectivity index (χ4v) is 14.7. The largest absolute Gasteiger partial charge is 0.348 e. The summed E-state index contributed by atoms with van der Waals surface area (Å²) < 4.78 is 31.2. The van der Waals surface area contributed by atoms with Crippen molar-refractivity contribution in [2.24, 2.45) is 38.9 Å². The van der Waals surface area contributed by atoms with Crippen molar-refractivity contribution in [3.63, 3.8) is 0 Å². The standard InChI is InChI=1S/C21H26N2O2.C19H22N2O.C15H21BrN2O2.CH4/c1-20-10-11-21(24-12-13-25-21)14-16(20)8-9-17-18(23(2)22-19(17)20)15-6-4-3-5-7-15;1-19-11-10-15(22)12-14(19)8-9-16-17(21(2)20-18(16)19)13-6-4-3-5-7-13;1-14-5-6-15(19-7-8-20-15)9-10(14)3-4-11-12(14)17-18(2)13(11)16;/h3-7,16H,8-14H2,1-2H3;3-7,14H,8-12H2,1-2H3;10H,3-9H2,1-2H3;1H4/t16-,20-;14-,19-;10-,14-;/m000./s1. The van der Waals surface area contributed by atoms with Gasteiger partial charge in [-0.15, -0.1) is 0 Å². The quantitative estimate of drug-likeness (QED) is 0.172. The third-order valence-corrected chi connectivity index (χ3v) is 19.2. The van der Waals surface area contributed by atoms with Gasteiger partial charge < -0.3 is 18.9 Å². The normalized spacial score (nSPS) is 30.3. The molecule has 6 aliphatic carbocycles. The Morgan fingerprint density at radius 2 is 0.926 bits per heavy atom. The maximum Gasteiger partial charge on any atom is 0.168 e. The molecule has 8 aliphatic rings. The van der Waals surface area contributed by atoms with Crippen molar-refractivity contribution >= 4 is 21.7 Å². The lowest BCUT2D eigenvalue weighted by Crippen LogP contribution is -2.49. The van der Waals surface area contributed by atoms with Crippen LogP contribution in [0.4, 0.5) is 0 Å². The maximum atomic E-state index is 11.8. The zero-order chi connectivity index (χ0) is 46.3. The molecule has 6 atom stereocenters. The number of rotatable bonds is 2. The van der Waals surface area contributed by atoms with Gasteiger partial charge in [0.2, 0.25) is 0 Å². The number of fused-ring (bicyclic) bond motifs is 9. The number of carbonyl (C=O) groups is 1. The van der Waals surface area contributed by atoms with E-state index in [-0.39, 0.29) is 35.2 Å². The summed E-state index contributed by atoms with van der Waals surface area (Å²) in [5.74, 6) is 1.52. The SMILES string of the molecule is C.Cn1nc2c(c1-c1ccccc1)CC[C@H]1CC(=O)CC[C@]21C.Cn1nc2c(c1-c1ccccc1)CC[C@H]1CC3(CC[C@]21C)OCCO3.Cn1nc2c(c1Br)CC[C@H]1CC3(CC[C@]21C)OCCO3. The highest BCUT2D eigenvalue weighted by Crippen LogP contribution is 2.57. The van der Waals surface area contributed by atoms with Gasteiger partial charge in [0, 0.05) is 104 Å². The van der Waals surface area contributed by atoms with Crippen LogP contribution in [0.1, 0.15) is 139 Å². The zero-order valence-corrected chi connectivity index (χ0v) is 42.1. The molecule has 5 aromatic rings. The van der Waals surface area contributed by atoms with E-state index in [1.807, 2.05) is 23.5 Å². The lowest BCUT2D eigenvalue weighted by Gasteiger charge is -2.49. The van der Waals surface area contributed by atoms with E-state index in [4.69, 9.17) is 34.2 Å². The molecule has 3 aromatic heterocycles. The maximum absolute atomic E-state index is 11.8. The number of carbonyl (C=O) groups excluding carboxylic acids is 1. The van der Waals surface area contributed by atoms with Crippen LogP contribution in [-0.4, -0.2) is 73.1 Å². The fourth-order valence-electron chi connectivity index (χ4n) is 14.3. The van der Waals surface area contributed by atoms with Crippen LogP contribution in [-0.2, 0) is 80.4 Å². The van der Waals surface area contributed by atoms with Crippen LogP contribution < -0.4 is 0 Å². The molecular weight excluding hydrogens is 917 g/mol. The van der Waals surface area contributed by atoms with E-state index in [0.29, 0.717) is 30.0 Å². The monoisotopic (exact) mass is 988 g/mol. The highest BCUT2D eigenvalue weighted by atomic mass is 79.9. The highest BCUT2D eigenvalue weighted by molar-refractivity contribution is 9.10. The second-order valence-corrected chi connectivity index (χ2v) is 22.6. The first-order valence-electron chi connectivity index (χ1n) is 25.3. The van der Waals surface area contributed by atoms with E-state index in [1.54, 1.807) is 0 Å². The number of hydrogen-bond acceptors (Lipinski definition) is 8. The molecule has 0 amide bonds. The van der Waals surface area contributed by atoms with E-state index >= 15 is 0 Å². The van der Waals surface area contributed by atoms with Gasteiger partial charge in [0.05, 0.1) is 54.9 Å². The number of hydrogen-bond donors (Lipinski definition) is 0. The smallest absolute Gasteiger partial charge is 0.168 e. The van der Waals surface area contributed by atoms with Gasteiger partial charge in [-0.2, -0.15) is 15.3 Å². The van der Waals surface area contributed by atoms with Crippen LogP contribution >= 0.6 is 15.9 Å². The van der Waals surface area contributed by atoms with Gasteiger partial charge in [-0.05, 0) is 91.5 Å². The molecule has 2 aliphatic heterocycles. The molecule has 5 fully saturated rings. The minimum atomic E-state index is -0.307. The lowest BCUT2D eigenvalue weighted by molar-refractivity contribution is -0.199. The molecule has 11 nitrogen and oxygen atoms in total. The molecule has 2 spiro atoms. The van der Waals surface area contributed by atoms with Gasteiger partial charge in [0.15, 0.2) is 11.6 Å². The Hall–Kier alpha value is -3.94. The van der Waals surface area contributed by atoms with E-state index in [2.05, 4.69) is 109 Å². The second kappa shape index (κ2) is 18.0. The molecule has 12 heteroatoms. The molecule has 2 saturated heterocycles. The summed E-state index contributed by atoms with van der Waals surface area (Å²) in [5.41, 5.74) is 13.6. The summed E-state index contributed by atoms with van der Waals surface area (Å²) in [6.07, 6.45) is 15.4. The zero-order valence-electron chi connectivity index (χ0n) is 40.5. The Labute approximate surface area is 412 Å². The first-order valence-corrected chi connectivity index (χ1v) is 26.1. The molecule has 0 unspecified atom stereocenters. The van der Waals surface area contributed by atoms with Crippen molar-refractivity contribution in [3.05, 3.63) is 99.0 Å². The number of ether oxygens (including phenoxy) is 4. The van der Waals surface area contributed by atoms with Crippen molar-refractivity contribution in [2.75, 3.05) is 26.4 Å². The number of Topliss-reactive ketones (excluding diaryl/α,β-unsaturated/α-hetero) is 1. The predicted molar refractivity (Wildman–Crippen MR) is 268 cm³/mol. The summed E-state index contributed by atoms with van der Waals surface area (Å²) in [6.45, 7) is 10.1. The fraction of sp³-hybridized carbons (Fsp3) is 0.607. The van der Waals surface area contributed by atoms with Crippen LogP contribution in [0.2, 0.25) is 0 Å². The van der Waals surface area contributed by atoms with Crippen LogP contribution in [0.15, 0.2) is 65.3 Å². The van der Waals surface area contributed by atoms with Gasteiger partial charge in [0.1, 0.15) is 10.4 Å². The molecular formula is C56H73BrN6O5. The molecule has 364 valence electrons. The Kier molecular flexibility index (Phi) is 12.7. The molecule has 2 aromatic carbocycles. The molecule has 3 saturated carbocycles. The van der Waals surface area contributed by atoms with Crippen molar-refractivity contribution in [3.8, 4) is 22.5 Å². The number of halogens is 1. The first-order chi connectivity index (χ1) is 32.2. The molecule has 13 rings (SSSR count). The second-order valence-electron chi connectivity index (χ2n) is 21.9. The number of nitrogens with zero attached hydrogens (tertiary/aromatic N) is 6. The summed E-state index contributed by atoms with van der Waals surface area (Å²) in [7, 11) is 6.16. The molecule has 5 heterocycles. The minimum Gasteiger partial charge on any atom is -0.348 e. The molecule has 0 N–H and O–H groups in total. The van der Waals surface area contributed by atoms with Crippen molar-refractivity contribution in [1.29, 1.82) is 0 Å². The van der Waals surface area contributed by atoms with Gasteiger partial charge in [-0.1, -0.05) is 88.9 Å². The lowest BCUT2D eigenvalue weighted by atomic mass is 9.58. The van der Waals surface area contributed by atoms with Gasteiger partial charge in [-0.3, -0.25) is 18.8 Å². The Balaban J connectivity index is 0.000000119. The summed E-state index contributed by atoms with van der Waals surface area (Å²) >= 11 is 3.69. The average molecular weight is 990 g/mol. The summed E-state index contributed by atoms with van der Waals surface area (Å²) in [6, 6.07) is 21.2.